The van der Waals surface area contributed by atoms with Gasteiger partial charge in [0.15, 0.2) is 0 Å². The van der Waals surface area contributed by atoms with Gasteiger partial charge in [-0.25, -0.2) is 0 Å². The number of anilines is 8. The van der Waals surface area contributed by atoms with Crippen LogP contribution in [0, 0.1) is 12.3 Å². The Kier molecular flexibility index (Phi) is 11.6. The van der Waals surface area contributed by atoms with Crippen molar-refractivity contribution in [3.8, 4) is 22.3 Å². The number of rotatable bonds is 6. The van der Waals surface area contributed by atoms with Gasteiger partial charge < -0.3 is 14.7 Å². The maximum absolute atomic E-state index is 2.80. The normalized spacial score (nSPS) is 21.9. The number of benzene rings is 11. The summed E-state index contributed by atoms with van der Waals surface area (Å²) in [4.78, 5) is 8.23. The number of aryl methyl sites for hydroxylation is 1. The first-order valence-electron chi connectivity index (χ1n) is 33.3. The van der Waals surface area contributed by atoms with Crippen molar-refractivity contribution in [3.63, 3.8) is 0 Å². The molecule has 0 saturated heterocycles. The molecular weight excluding hydrogens is 1140 g/mol. The molecule has 4 unspecified atom stereocenters. The second kappa shape index (κ2) is 19.5. The summed E-state index contributed by atoms with van der Waals surface area (Å²) in [7, 11) is 0. The van der Waals surface area contributed by atoms with E-state index < -0.39 is 0 Å². The molecule has 13 aromatic rings. The lowest BCUT2D eigenvalue weighted by Crippen LogP contribution is -2.61. The quantitative estimate of drug-likeness (QED) is 0.154. The maximum atomic E-state index is 2.80. The molecule has 2 saturated carbocycles. The van der Waals surface area contributed by atoms with Crippen LogP contribution >= 0.6 is 22.7 Å². The van der Waals surface area contributed by atoms with Gasteiger partial charge in [-0.1, -0.05) is 198 Å². The third-order valence-electron chi connectivity index (χ3n) is 23.6. The number of nitrogens with zero attached hydrogens (tertiary/aromatic N) is 3. The molecule has 0 bridgehead atoms. The van der Waals surface area contributed by atoms with Crippen molar-refractivity contribution in [2.75, 3.05) is 14.7 Å². The average Bonchev–Trinajstić information content (AvgIpc) is 1.63. The van der Waals surface area contributed by atoms with E-state index in [0.29, 0.717) is 0 Å². The highest BCUT2D eigenvalue weighted by Gasteiger charge is 2.58. The first kappa shape index (κ1) is 53.9. The molecule has 0 radical (unpaired) electrons. The van der Waals surface area contributed by atoms with Crippen LogP contribution in [0.1, 0.15) is 107 Å². The van der Waals surface area contributed by atoms with Crippen LogP contribution in [0.15, 0.2) is 237 Å². The van der Waals surface area contributed by atoms with Crippen LogP contribution in [0.4, 0.5) is 45.5 Å². The second-order valence-electron chi connectivity index (χ2n) is 28.2. The minimum atomic E-state index is -0.148. The van der Waals surface area contributed by atoms with Gasteiger partial charge in [-0.15, -0.1) is 22.7 Å². The van der Waals surface area contributed by atoms with Crippen LogP contribution in [0.2, 0.25) is 0 Å². The van der Waals surface area contributed by atoms with Crippen LogP contribution < -0.4 is 31.1 Å². The molecule has 11 aromatic carbocycles. The Bertz CT molecular complexity index is 5270. The molecule has 5 heterocycles. The number of thiophene rings is 2. The third kappa shape index (κ3) is 7.49. The molecule has 0 N–H and O–H groups in total. The van der Waals surface area contributed by atoms with Gasteiger partial charge in [-0.2, -0.15) is 0 Å². The summed E-state index contributed by atoms with van der Waals surface area (Å²) >= 11 is 3.82. The summed E-state index contributed by atoms with van der Waals surface area (Å²) in [6, 6.07) is 89.7. The maximum Gasteiger partial charge on any atom is 0.252 e. The summed E-state index contributed by atoms with van der Waals surface area (Å²) in [5.41, 5.74) is 27.2. The van der Waals surface area contributed by atoms with Gasteiger partial charge in [-0.3, -0.25) is 0 Å². The van der Waals surface area contributed by atoms with Gasteiger partial charge in [0.25, 0.3) is 6.71 Å². The van der Waals surface area contributed by atoms with E-state index in [4.69, 9.17) is 0 Å². The molecule has 91 heavy (non-hydrogen) atoms. The Morgan fingerprint density at radius 1 is 0.385 bits per heavy atom. The highest BCUT2D eigenvalue weighted by atomic mass is 32.1. The number of hydrogen-bond acceptors (Lipinski definition) is 5. The molecule has 0 spiro atoms. The zero-order valence-electron chi connectivity index (χ0n) is 52.4. The van der Waals surface area contributed by atoms with Crippen molar-refractivity contribution in [3.05, 3.63) is 264 Å². The van der Waals surface area contributed by atoms with Crippen molar-refractivity contribution in [1.82, 2.24) is 0 Å². The predicted octanol–water partition coefficient (Wildman–Crippen LogP) is 22.2. The molecule has 19 rings (SSSR count). The molecule has 440 valence electrons. The number of allylic oxidation sites excluding steroid dienone is 1. The van der Waals surface area contributed by atoms with Gasteiger partial charge in [0.2, 0.25) is 0 Å². The van der Waals surface area contributed by atoms with Crippen molar-refractivity contribution in [2.45, 2.75) is 102 Å². The van der Waals surface area contributed by atoms with Gasteiger partial charge in [0.1, 0.15) is 0 Å². The Morgan fingerprint density at radius 2 is 0.912 bits per heavy atom. The lowest BCUT2D eigenvalue weighted by Gasteiger charge is -2.53. The molecule has 2 aromatic heterocycles. The molecule has 3 nitrogen and oxygen atoms in total. The Balaban J connectivity index is 0.882. The smallest absolute Gasteiger partial charge is 0.252 e. The average molecular weight is 1210 g/mol. The first-order valence-corrected chi connectivity index (χ1v) is 34.9. The van der Waals surface area contributed by atoms with Crippen LogP contribution in [0.5, 0.6) is 0 Å². The minimum absolute atomic E-state index is 0.00306. The van der Waals surface area contributed by atoms with E-state index in [1.807, 2.05) is 22.7 Å². The fourth-order valence-electron chi connectivity index (χ4n) is 18.7. The van der Waals surface area contributed by atoms with Crippen LogP contribution in [-0.2, 0) is 10.8 Å². The molecule has 0 amide bonds. The fraction of sp³-hybridized carbons (Fsp3) is 0.200. The molecule has 3 aliphatic heterocycles. The first-order chi connectivity index (χ1) is 44.5. The van der Waals surface area contributed by atoms with Crippen molar-refractivity contribution >= 4 is 137 Å². The lowest BCUT2D eigenvalue weighted by molar-refractivity contribution is 0.138. The molecule has 2 fully saturated rings. The molecule has 6 heteroatoms. The van der Waals surface area contributed by atoms with Crippen molar-refractivity contribution in [1.29, 1.82) is 0 Å². The summed E-state index contributed by atoms with van der Waals surface area (Å²) in [5, 5.41) is 5.24. The summed E-state index contributed by atoms with van der Waals surface area (Å²) in [6.45, 7) is 12.6. The largest absolute Gasteiger partial charge is 0.334 e. The highest BCUT2D eigenvalue weighted by Crippen LogP contribution is 2.63. The van der Waals surface area contributed by atoms with E-state index in [2.05, 4.69) is 286 Å². The molecule has 3 aliphatic carbocycles. The van der Waals surface area contributed by atoms with Gasteiger partial charge >= 0.3 is 0 Å². The van der Waals surface area contributed by atoms with Gasteiger partial charge in [-0.05, 0) is 202 Å². The fourth-order valence-corrected chi connectivity index (χ4v) is 20.9. The zero-order valence-corrected chi connectivity index (χ0v) is 54.0. The summed E-state index contributed by atoms with van der Waals surface area (Å²) in [6.07, 6.45) is 12.3. The predicted molar refractivity (Wildman–Crippen MR) is 392 cm³/mol. The Morgan fingerprint density at radius 3 is 1.56 bits per heavy atom. The third-order valence-corrected chi connectivity index (χ3v) is 25.9. The SMILES string of the molecule is Cc1cc2c3c(c1)N(c1cccc4sc5ccccc5c14)c1cc(N4c5ccc(-c6ccccc6)cc5C5(C)CCCCC45C)ccc1B3c1ccc(C3=CC4(C)CCCCC4(C)c4cc(-c5ccccc5)ccc43)cc1N2c1cccc2sc3ccccc3c12. The van der Waals surface area contributed by atoms with Crippen LogP contribution in [0.3, 0.4) is 0 Å². The van der Waals surface area contributed by atoms with Crippen molar-refractivity contribution in [2.24, 2.45) is 5.41 Å². The zero-order chi connectivity index (χ0) is 60.7. The second-order valence-corrected chi connectivity index (χ2v) is 30.4. The minimum Gasteiger partial charge on any atom is -0.334 e. The topological polar surface area (TPSA) is 9.72 Å². The Hall–Kier alpha value is -8.94. The summed E-state index contributed by atoms with van der Waals surface area (Å²) in [5.74, 6) is 0. The molecular formula is C85H70BN3S2. The Labute approximate surface area is 542 Å². The van der Waals surface area contributed by atoms with E-state index in [-0.39, 0.29) is 28.5 Å². The van der Waals surface area contributed by atoms with E-state index in [0.717, 1.165) is 12.8 Å². The summed E-state index contributed by atoms with van der Waals surface area (Å²) < 4.78 is 5.24. The highest BCUT2D eigenvalue weighted by molar-refractivity contribution is 7.26. The number of hydrogen-bond donors (Lipinski definition) is 0. The van der Waals surface area contributed by atoms with Crippen LogP contribution in [0.25, 0.3) is 68.2 Å². The standard InChI is InChI=1S/C85H70BN3S2/c1-53-46-73-81-74(47-53)88(70-29-21-33-78-80(70)62-27-13-15-31-76(62)91-78)72-51-59(89-68-41-36-57(55-24-10-7-11-25-55)49-65(68)84(4)44-18-19-45-85(84,89)5)37-40-67(72)86(81)66-39-35-58(50-71(66)87(73)69-28-20-32-77-79(69)61-26-12-14-30-75(61)90-77)63-52-82(2)42-16-17-43-83(82,3)64-48-56(34-38-60(63)64)54-22-8-6-9-23-54/h6-15,20-41,46-52H,16-19,42-45H2,1-5H3. The number of fused-ring (bicyclic) bond motifs is 16. The van der Waals surface area contributed by atoms with E-state index in [1.54, 1.807) is 0 Å². The van der Waals surface area contributed by atoms with E-state index >= 15 is 0 Å². The molecule has 6 aliphatic rings. The van der Waals surface area contributed by atoms with Crippen molar-refractivity contribution < 1.29 is 0 Å². The van der Waals surface area contributed by atoms with Gasteiger partial charge in [0, 0.05) is 85.3 Å². The van der Waals surface area contributed by atoms with Crippen LogP contribution in [-0.4, -0.2) is 12.3 Å². The van der Waals surface area contributed by atoms with E-state index in [1.165, 1.54) is 196 Å². The van der Waals surface area contributed by atoms with Gasteiger partial charge in [0.05, 0.1) is 16.9 Å². The monoisotopic (exact) mass is 1210 g/mol. The molecule has 4 atom stereocenters. The lowest BCUT2D eigenvalue weighted by atomic mass is 9.33. The van der Waals surface area contributed by atoms with E-state index in [9.17, 15) is 0 Å².